The molecule has 2 heterocycles. The lowest BCUT2D eigenvalue weighted by atomic mass is 9.94. The van der Waals surface area contributed by atoms with Crippen molar-refractivity contribution in [1.82, 2.24) is 10.3 Å². The van der Waals surface area contributed by atoms with Crippen LogP contribution in [-0.2, 0) is 22.7 Å². The maximum atomic E-state index is 11.4. The molecule has 0 radical (unpaired) electrons. The first kappa shape index (κ1) is 20.2. The second-order valence-electron chi connectivity index (χ2n) is 6.75. The smallest absolute Gasteiger partial charge is 0.219 e. The molecule has 1 atom stereocenters. The largest absolute Gasteiger partial charge is 0.372 e. The zero-order valence-corrected chi connectivity index (χ0v) is 17.6. The lowest BCUT2D eigenvalue weighted by Gasteiger charge is -2.30. The second-order valence-corrected chi connectivity index (χ2v) is 8.32. The summed E-state index contributed by atoms with van der Waals surface area (Å²) < 4.78 is 5.67. The molecule has 152 valence electrons. The van der Waals surface area contributed by atoms with Gasteiger partial charge in [0.1, 0.15) is 6.34 Å². The molecule has 2 aromatic carbocycles. The van der Waals surface area contributed by atoms with Gasteiger partial charge < -0.3 is 10.1 Å². The zero-order valence-electron chi connectivity index (χ0n) is 16.0. The van der Waals surface area contributed by atoms with E-state index in [0.29, 0.717) is 42.8 Å². The molecule has 0 bridgehead atoms. The van der Waals surface area contributed by atoms with E-state index in [1.165, 1.54) is 18.1 Å². The number of carbonyl (C=O) groups excluding carboxylic acids is 1. The molecule has 0 aromatic heterocycles. The third-order valence-electron chi connectivity index (χ3n) is 4.89. The quantitative estimate of drug-likeness (QED) is 0.541. The van der Waals surface area contributed by atoms with E-state index in [-0.39, 0.29) is 11.4 Å². The van der Waals surface area contributed by atoms with Crippen LogP contribution in [0, 0.1) is 0 Å². The highest BCUT2D eigenvalue weighted by atomic mass is 35.5. The molecule has 1 unspecified atom stereocenters. The highest BCUT2D eigenvalue weighted by Gasteiger charge is 2.27. The standard InChI is InChI=1S/C20H22ClN5O2S/c1-2-16(27)23-6-7-29-20-25-11-24-19(26(20)22)18-14-5-3-4-12-9-28-10-13(17(12)14)8-15(18)21/h3-5,8,11,20H,2,6-7,9-10,22H2,1H3,(H,23,27). The molecule has 3 N–H and O–H groups in total. The first-order valence-electron chi connectivity index (χ1n) is 9.43. The van der Waals surface area contributed by atoms with Crippen molar-refractivity contribution in [3.05, 3.63) is 46.0 Å². The topological polar surface area (TPSA) is 92.3 Å². The van der Waals surface area contributed by atoms with E-state index in [2.05, 4.69) is 21.4 Å². The molecule has 9 heteroatoms. The van der Waals surface area contributed by atoms with Crippen molar-refractivity contribution >= 4 is 52.2 Å². The van der Waals surface area contributed by atoms with Crippen LogP contribution in [0.2, 0.25) is 5.02 Å². The van der Waals surface area contributed by atoms with Gasteiger partial charge in [-0.1, -0.05) is 36.7 Å². The van der Waals surface area contributed by atoms with E-state index >= 15 is 0 Å². The molecule has 2 aromatic rings. The molecule has 7 nitrogen and oxygen atoms in total. The fourth-order valence-corrected chi connectivity index (χ4v) is 4.68. The number of amidine groups is 1. The van der Waals surface area contributed by atoms with Crippen LogP contribution in [0.1, 0.15) is 30.0 Å². The maximum Gasteiger partial charge on any atom is 0.219 e. The van der Waals surface area contributed by atoms with Crippen molar-refractivity contribution in [3.8, 4) is 0 Å². The average Bonchev–Trinajstić information content (AvgIpc) is 2.73. The lowest BCUT2D eigenvalue weighted by molar-refractivity contribution is -0.120. The fourth-order valence-electron chi connectivity index (χ4n) is 3.53. The first-order valence-corrected chi connectivity index (χ1v) is 10.9. The second kappa shape index (κ2) is 8.71. The van der Waals surface area contributed by atoms with Crippen molar-refractivity contribution in [2.45, 2.75) is 32.1 Å². The van der Waals surface area contributed by atoms with Crippen molar-refractivity contribution < 1.29 is 9.53 Å². The Bertz CT molecular complexity index is 1010. The number of thioether (sulfide) groups is 1. The number of nitrogens with one attached hydrogen (secondary N) is 1. The number of aliphatic imine (C=N–C) groups is 2. The van der Waals surface area contributed by atoms with Crippen LogP contribution in [0.5, 0.6) is 0 Å². The summed E-state index contributed by atoms with van der Waals surface area (Å²) in [7, 11) is 0. The number of hydrogen-bond acceptors (Lipinski definition) is 7. The minimum Gasteiger partial charge on any atom is -0.372 e. The number of carbonyl (C=O) groups is 1. The average molecular weight is 432 g/mol. The van der Waals surface area contributed by atoms with E-state index in [0.717, 1.165) is 27.5 Å². The molecule has 2 aliphatic rings. The van der Waals surface area contributed by atoms with Gasteiger partial charge in [-0.05, 0) is 28.0 Å². The van der Waals surface area contributed by atoms with Gasteiger partial charge in [-0.15, -0.1) is 11.8 Å². The molecule has 0 saturated carbocycles. The van der Waals surface area contributed by atoms with Gasteiger partial charge in [0.05, 0.1) is 18.2 Å². The van der Waals surface area contributed by atoms with E-state index in [4.69, 9.17) is 22.2 Å². The number of hydrogen-bond donors (Lipinski definition) is 2. The van der Waals surface area contributed by atoms with Crippen LogP contribution < -0.4 is 11.2 Å². The summed E-state index contributed by atoms with van der Waals surface area (Å²) in [5, 5.41) is 7.15. The molecule has 0 aliphatic carbocycles. The van der Waals surface area contributed by atoms with Crippen LogP contribution >= 0.6 is 23.4 Å². The van der Waals surface area contributed by atoms with Gasteiger partial charge in [0.2, 0.25) is 5.91 Å². The Labute approximate surface area is 178 Å². The normalized spacial score (nSPS) is 18.1. The van der Waals surface area contributed by atoms with Gasteiger partial charge in [-0.25, -0.2) is 15.8 Å². The Morgan fingerprint density at radius 3 is 3.07 bits per heavy atom. The fraction of sp³-hybridized carbons (Fsp3) is 0.350. The summed E-state index contributed by atoms with van der Waals surface area (Å²) in [6, 6.07) is 8.04. The van der Waals surface area contributed by atoms with Gasteiger partial charge in [0.25, 0.3) is 0 Å². The predicted molar refractivity (Wildman–Crippen MR) is 118 cm³/mol. The molecule has 0 saturated heterocycles. The maximum absolute atomic E-state index is 11.4. The minimum absolute atomic E-state index is 0.0316. The minimum atomic E-state index is -0.341. The predicted octanol–water partition coefficient (Wildman–Crippen LogP) is 3.03. The number of halogens is 1. The van der Waals surface area contributed by atoms with Crippen molar-refractivity contribution in [1.29, 1.82) is 0 Å². The summed E-state index contributed by atoms with van der Waals surface area (Å²) in [5.74, 6) is 7.70. The number of ether oxygens (including phenoxy) is 1. The van der Waals surface area contributed by atoms with Crippen LogP contribution in [0.25, 0.3) is 10.8 Å². The van der Waals surface area contributed by atoms with E-state index < -0.39 is 0 Å². The third-order valence-corrected chi connectivity index (χ3v) is 6.27. The van der Waals surface area contributed by atoms with Crippen molar-refractivity contribution in [2.75, 3.05) is 12.3 Å². The van der Waals surface area contributed by atoms with Gasteiger partial charge in [-0.2, -0.15) is 0 Å². The number of amides is 1. The molecular weight excluding hydrogens is 410 g/mol. The van der Waals surface area contributed by atoms with E-state index in [9.17, 15) is 4.79 Å². The molecular formula is C20H22ClN5O2S. The Hall–Kier alpha value is -2.13. The lowest BCUT2D eigenvalue weighted by Crippen LogP contribution is -2.46. The molecule has 2 aliphatic heterocycles. The number of nitrogens with zero attached hydrogens (tertiary/aromatic N) is 3. The van der Waals surface area contributed by atoms with Crippen molar-refractivity contribution in [3.63, 3.8) is 0 Å². The van der Waals surface area contributed by atoms with Crippen LogP contribution in [0.15, 0.2) is 34.3 Å². The van der Waals surface area contributed by atoms with Gasteiger partial charge in [-0.3, -0.25) is 9.80 Å². The van der Waals surface area contributed by atoms with Crippen LogP contribution in [-0.4, -0.2) is 40.9 Å². The Kier molecular flexibility index (Phi) is 6.05. The van der Waals surface area contributed by atoms with Gasteiger partial charge in [0.15, 0.2) is 11.3 Å². The summed E-state index contributed by atoms with van der Waals surface area (Å²) in [6.07, 6.45) is 2.00. The number of benzene rings is 2. The SMILES string of the molecule is CCC(=O)NCCSC1N=CN=C(c2c(Cl)cc3c4c(cccc24)COC3)N1N. The monoisotopic (exact) mass is 431 g/mol. The number of hydrazine groups is 1. The van der Waals surface area contributed by atoms with Gasteiger partial charge in [0, 0.05) is 24.3 Å². The van der Waals surface area contributed by atoms with Crippen LogP contribution in [0.4, 0.5) is 0 Å². The summed E-state index contributed by atoms with van der Waals surface area (Å²) in [4.78, 5) is 20.2. The summed E-state index contributed by atoms with van der Waals surface area (Å²) in [5.41, 5.74) is 2.66. The molecule has 1 amide bonds. The van der Waals surface area contributed by atoms with E-state index in [1.54, 1.807) is 5.01 Å². The Morgan fingerprint density at radius 1 is 1.41 bits per heavy atom. The number of nitrogens with two attached hydrogens (primary N) is 1. The Morgan fingerprint density at radius 2 is 2.24 bits per heavy atom. The van der Waals surface area contributed by atoms with E-state index in [1.807, 2.05) is 25.1 Å². The molecule has 4 rings (SSSR count). The summed E-state index contributed by atoms with van der Waals surface area (Å²) in [6.45, 7) is 3.50. The molecule has 0 fully saturated rings. The van der Waals surface area contributed by atoms with Crippen molar-refractivity contribution in [2.24, 2.45) is 15.8 Å². The summed E-state index contributed by atoms with van der Waals surface area (Å²) >= 11 is 8.20. The molecule has 0 spiro atoms. The number of rotatable bonds is 6. The highest BCUT2D eigenvalue weighted by molar-refractivity contribution is 7.99. The molecule has 29 heavy (non-hydrogen) atoms. The first-order chi connectivity index (χ1) is 14.1. The van der Waals surface area contributed by atoms with Crippen LogP contribution in [0.3, 0.4) is 0 Å². The van der Waals surface area contributed by atoms with Gasteiger partial charge >= 0.3 is 0 Å². The third kappa shape index (κ3) is 3.98. The Balaban J connectivity index is 1.60. The zero-order chi connectivity index (χ0) is 20.4. The highest BCUT2D eigenvalue weighted by Crippen LogP contribution is 2.36.